The Morgan fingerprint density at radius 1 is 1.00 bits per heavy atom. The van der Waals surface area contributed by atoms with Crippen molar-refractivity contribution in [3.8, 4) is 11.3 Å². The highest BCUT2D eigenvalue weighted by molar-refractivity contribution is 7.93. The highest BCUT2D eigenvalue weighted by Gasteiger charge is 2.32. The van der Waals surface area contributed by atoms with E-state index in [4.69, 9.17) is 0 Å². The number of hydrogen-bond acceptors (Lipinski definition) is 3. The van der Waals surface area contributed by atoms with Crippen molar-refractivity contribution in [3.63, 3.8) is 0 Å². The molecule has 4 rings (SSSR count). The standard InChI is InChI=1S/C19H19N3O2S/c1-21-14-18(19(20-21)16-9-3-2-4-10-16)25(23,24)22-13-7-11-15-8-5-6-12-17(15)22/h2-6,8-10,12,14H,7,11,13H2,1H3. The molecule has 5 nitrogen and oxygen atoms in total. The van der Waals surface area contributed by atoms with Crippen molar-refractivity contribution >= 4 is 15.7 Å². The second-order valence-electron chi connectivity index (χ2n) is 6.19. The van der Waals surface area contributed by atoms with Crippen molar-refractivity contribution in [2.75, 3.05) is 10.8 Å². The Balaban J connectivity index is 1.86. The lowest BCUT2D eigenvalue weighted by Crippen LogP contribution is -2.35. The first kappa shape index (κ1) is 15.9. The SMILES string of the molecule is Cn1cc(S(=O)(=O)N2CCCc3ccccc32)c(-c2ccccc2)n1. The van der Waals surface area contributed by atoms with Crippen LogP contribution in [0.15, 0.2) is 65.7 Å². The van der Waals surface area contributed by atoms with Gasteiger partial charge in [-0.25, -0.2) is 8.42 Å². The lowest BCUT2D eigenvalue weighted by Gasteiger charge is -2.30. The summed E-state index contributed by atoms with van der Waals surface area (Å²) in [5.41, 5.74) is 3.14. The maximum atomic E-state index is 13.4. The lowest BCUT2D eigenvalue weighted by molar-refractivity contribution is 0.586. The summed E-state index contributed by atoms with van der Waals surface area (Å²) in [6, 6.07) is 17.1. The fourth-order valence-corrected chi connectivity index (χ4v) is 5.05. The second kappa shape index (κ2) is 6.04. The molecule has 0 atom stereocenters. The summed E-state index contributed by atoms with van der Waals surface area (Å²) in [6.07, 6.45) is 3.31. The average molecular weight is 353 g/mol. The van der Waals surface area contributed by atoms with Crippen molar-refractivity contribution in [1.29, 1.82) is 0 Å². The minimum atomic E-state index is -3.68. The molecule has 0 saturated carbocycles. The Labute approximate surface area is 147 Å². The first-order valence-electron chi connectivity index (χ1n) is 8.27. The minimum Gasteiger partial charge on any atom is -0.274 e. The molecule has 1 aromatic heterocycles. The Kier molecular flexibility index (Phi) is 3.84. The van der Waals surface area contributed by atoms with Crippen molar-refractivity contribution in [2.45, 2.75) is 17.7 Å². The number of aromatic nitrogens is 2. The number of anilines is 1. The molecular weight excluding hydrogens is 334 g/mol. The van der Waals surface area contributed by atoms with Crippen LogP contribution in [0.5, 0.6) is 0 Å². The fraction of sp³-hybridized carbons (Fsp3) is 0.211. The van der Waals surface area contributed by atoms with E-state index in [1.54, 1.807) is 17.9 Å². The van der Waals surface area contributed by atoms with Crippen molar-refractivity contribution in [2.24, 2.45) is 7.05 Å². The monoisotopic (exact) mass is 353 g/mol. The van der Waals surface area contributed by atoms with Crippen LogP contribution < -0.4 is 4.31 Å². The molecule has 1 aliphatic rings. The van der Waals surface area contributed by atoms with Crippen molar-refractivity contribution in [1.82, 2.24) is 9.78 Å². The van der Waals surface area contributed by atoms with Gasteiger partial charge in [0.05, 0.1) is 5.69 Å². The van der Waals surface area contributed by atoms with Crippen LogP contribution in [-0.2, 0) is 23.5 Å². The van der Waals surface area contributed by atoms with Crippen LogP contribution in [0.25, 0.3) is 11.3 Å². The third-order valence-corrected chi connectivity index (χ3v) is 6.29. The molecule has 0 bridgehead atoms. The van der Waals surface area contributed by atoms with Gasteiger partial charge in [0.25, 0.3) is 10.0 Å². The Bertz CT molecular complexity index is 1010. The average Bonchev–Trinajstić information content (AvgIpc) is 3.05. The quantitative estimate of drug-likeness (QED) is 0.726. The summed E-state index contributed by atoms with van der Waals surface area (Å²) >= 11 is 0. The number of nitrogens with zero attached hydrogens (tertiary/aromatic N) is 3. The van der Waals surface area contributed by atoms with Gasteiger partial charge in [0.15, 0.2) is 0 Å². The van der Waals surface area contributed by atoms with Gasteiger partial charge in [0, 0.05) is 25.4 Å². The van der Waals surface area contributed by atoms with E-state index in [0.717, 1.165) is 29.7 Å². The molecule has 0 radical (unpaired) electrons. The van der Waals surface area contributed by atoms with Crippen molar-refractivity contribution in [3.05, 3.63) is 66.4 Å². The molecule has 128 valence electrons. The van der Waals surface area contributed by atoms with Gasteiger partial charge < -0.3 is 0 Å². The molecule has 0 fully saturated rings. The Hall–Kier alpha value is -2.60. The third kappa shape index (κ3) is 2.72. The number of benzene rings is 2. The van der Waals surface area contributed by atoms with Gasteiger partial charge in [-0.1, -0.05) is 48.5 Å². The molecule has 0 N–H and O–H groups in total. The van der Waals surface area contributed by atoms with E-state index in [1.807, 2.05) is 54.6 Å². The summed E-state index contributed by atoms with van der Waals surface area (Å²) in [5.74, 6) is 0. The van der Waals surface area contributed by atoms with E-state index in [9.17, 15) is 8.42 Å². The molecule has 25 heavy (non-hydrogen) atoms. The van der Waals surface area contributed by atoms with Gasteiger partial charge >= 0.3 is 0 Å². The molecule has 0 saturated heterocycles. The number of fused-ring (bicyclic) bond motifs is 1. The molecule has 3 aromatic rings. The predicted octanol–water partition coefficient (Wildman–Crippen LogP) is 3.23. The number of para-hydroxylation sites is 1. The number of sulfonamides is 1. The van der Waals surface area contributed by atoms with Crippen LogP contribution in [0.4, 0.5) is 5.69 Å². The van der Waals surface area contributed by atoms with Crippen LogP contribution in [0.1, 0.15) is 12.0 Å². The van der Waals surface area contributed by atoms with Crippen LogP contribution in [0.2, 0.25) is 0 Å². The summed E-state index contributed by atoms with van der Waals surface area (Å²) in [6.45, 7) is 0.489. The molecule has 1 aliphatic heterocycles. The molecule has 2 heterocycles. The van der Waals surface area contributed by atoms with E-state index in [2.05, 4.69) is 5.10 Å². The van der Waals surface area contributed by atoms with Gasteiger partial charge in [-0.2, -0.15) is 5.10 Å². The fourth-order valence-electron chi connectivity index (χ4n) is 3.32. The van der Waals surface area contributed by atoms with Crippen LogP contribution in [0.3, 0.4) is 0 Å². The van der Waals surface area contributed by atoms with Gasteiger partial charge in [0.1, 0.15) is 10.6 Å². The summed E-state index contributed by atoms with van der Waals surface area (Å²) in [7, 11) is -1.94. The first-order chi connectivity index (χ1) is 12.1. The normalized spacial score (nSPS) is 14.4. The molecule has 0 spiro atoms. The number of hydrogen-bond donors (Lipinski definition) is 0. The molecule has 6 heteroatoms. The molecular formula is C19H19N3O2S. The van der Waals surface area contributed by atoms with Crippen LogP contribution in [-0.4, -0.2) is 24.7 Å². The Morgan fingerprint density at radius 2 is 1.72 bits per heavy atom. The molecule has 0 aliphatic carbocycles. The van der Waals surface area contributed by atoms with Gasteiger partial charge in [-0.3, -0.25) is 8.99 Å². The van der Waals surface area contributed by atoms with Crippen LogP contribution >= 0.6 is 0 Å². The Morgan fingerprint density at radius 3 is 2.52 bits per heavy atom. The van der Waals surface area contributed by atoms with E-state index in [1.165, 1.54) is 4.31 Å². The smallest absolute Gasteiger partial charge is 0.268 e. The van der Waals surface area contributed by atoms with Crippen LogP contribution in [0, 0.1) is 0 Å². The summed E-state index contributed by atoms with van der Waals surface area (Å²) in [4.78, 5) is 0.248. The topological polar surface area (TPSA) is 55.2 Å². The van der Waals surface area contributed by atoms with Gasteiger partial charge in [-0.05, 0) is 24.5 Å². The molecule has 2 aromatic carbocycles. The van der Waals surface area contributed by atoms with E-state index < -0.39 is 10.0 Å². The first-order valence-corrected chi connectivity index (χ1v) is 9.71. The second-order valence-corrected chi connectivity index (χ2v) is 8.02. The molecule has 0 unspecified atom stereocenters. The minimum absolute atomic E-state index is 0.248. The highest BCUT2D eigenvalue weighted by Crippen LogP contribution is 2.34. The number of rotatable bonds is 3. The van der Waals surface area contributed by atoms with Gasteiger partial charge in [0.2, 0.25) is 0 Å². The summed E-state index contributed by atoms with van der Waals surface area (Å²) in [5, 5.41) is 4.41. The summed E-state index contributed by atoms with van der Waals surface area (Å²) < 4.78 is 29.9. The zero-order valence-corrected chi connectivity index (χ0v) is 14.8. The lowest BCUT2D eigenvalue weighted by atomic mass is 10.0. The zero-order chi connectivity index (χ0) is 17.4. The largest absolute Gasteiger partial charge is 0.274 e. The van der Waals surface area contributed by atoms with E-state index in [0.29, 0.717) is 12.2 Å². The van der Waals surface area contributed by atoms with E-state index in [-0.39, 0.29) is 4.90 Å². The predicted molar refractivity (Wildman–Crippen MR) is 97.9 cm³/mol. The highest BCUT2D eigenvalue weighted by atomic mass is 32.2. The zero-order valence-electron chi connectivity index (χ0n) is 14.0. The molecule has 0 amide bonds. The maximum absolute atomic E-state index is 13.4. The maximum Gasteiger partial charge on any atom is 0.268 e. The van der Waals surface area contributed by atoms with E-state index >= 15 is 0 Å². The van der Waals surface area contributed by atoms with Gasteiger partial charge in [-0.15, -0.1) is 0 Å². The third-order valence-electron chi connectivity index (χ3n) is 4.48. The number of aryl methyl sites for hydroxylation is 2. The van der Waals surface area contributed by atoms with Crippen molar-refractivity contribution < 1.29 is 8.42 Å².